The number of nitrogens with one attached hydrogen (secondary N) is 1. The van der Waals surface area contributed by atoms with Gasteiger partial charge in [0.2, 0.25) is 0 Å². The number of nitrogens with zero attached hydrogens (tertiary/aromatic N) is 1. The highest BCUT2D eigenvalue weighted by Crippen LogP contribution is 2.60. The molecule has 1 aromatic rings. The number of aromatic nitrogens is 2. The highest BCUT2D eigenvalue weighted by Gasteiger charge is 2.90. The van der Waals surface area contributed by atoms with Gasteiger partial charge in [0.05, 0.1) is 7.05 Å². The van der Waals surface area contributed by atoms with Crippen LogP contribution >= 0.6 is 29.9 Å². The predicted molar refractivity (Wildman–Crippen MR) is 96.2 cm³/mol. The molecule has 0 saturated heterocycles. The van der Waals surface area contributed by atoms with Crippen LogP contribution in [0.1, 0.15) is 6.42 Å². The number of aryl methyl sites for hydroxylation is 1. The van der Waals surface area contributed by atoms with E-state index in [0.29, 0.717) is 23.1 Å². The molecule has 0 aliphatic rings. The first-order valence-corrected chi connectivity index (χ1v) is 12.8. The maximum atomic E-state index is 13.5. The molecular weight excluding hydrogens is 586 g/mol. The number of aromatic amines is 1. The number of halogens is 13. The number of hydrogen-bond acceptors (Lipinski definition) is 5. The minimum absolute atomic E-state index is 0.0554. The van der Waals surface area contributed by atoms with Crippen molar-refractivity contribution < 1.29 is 75.6 Å². The number of rotatable bonds is 10. The van der Waals surface area contributed by atoms with E-state index >= 15 is 0 Å². The molecule has 1 N–H and O–H groups in total. The van der Waals surface area contributed by atoms with Crippen LogP contribution in [0, 0.1) is 0 Å². The van der Waals surface area contributed by atoms with Crippen LogP contribution in [0.15, 0.2) is 17.6 Å². The lowest BCUT2D eigenvalue weighted by molar-refractivity contribution is -0.708. The third kappa shape index (κ3) is 7.13. The van der Waals surface area contributed by atoms with Crippen LogP contribution < -0.4 is 9.46 Å². The van der Waals surface area contributed by atoms with Crippen molar-refractivity contribution in [1.82, 2.24) is 4.98 Å². The predicted octanol–water partition coefficient (Wildman–Crippen LogP) is 5.52. The second-order valence-electron chi connectivity index (χ2n) is 6.29. The summed E-state index contributed by atoms with van der Waals surface area (Å²) in [6.07, 6.45) is -5.57. The number of thioether (sulfide) groups is 1. The number of alkyl halides is 13. The second-order valence-corrected chi connectivity index (χ2v) is 11.4. The standard InChI is InChI=1S/C12H9F13N2S.C2H7O3PS/c1-27-4-3-26-6(27)28-5-2-7(13,14)8(15,16)9(17,18)10(19,20)11(21,22)12(23,24)25;1-5-6(3,4)7-2/h3-4H,2,5H2,1H3;1-2H3,(H,3,4). The van der Waals surface area contributed by atoms with E-state index in [9.17, 15) is 66.5 Å². The molecule has 0 aromatic carbocycles. The van der Waals surface area contributed by atoms with Crippen LogP contribution in [0.4, 0.5) is 57.1 Å². The topological polar surface area (TPSA) is 69.0 Å². The molecule has 0 aliphatic heterocycles. The zero-order valence-corrected chi connectivity index (χ0v) is 19.9. The number of H-pyrrole nitrogens is 1. The first kappa shape index (κ1) is 34.1. The van der Waals surface area contributed by atoms with E-state index in [-0.39, 0.29) is 5.16 Å². The molecule has 21 heteroatoms. The summed E-state index contributed by atoms with van der Waals surface area (Å²) in [5, 5.41) is 0.0554. The van der Waals surface area contributed by atoms with Gasteiger partial charge in [-0.2, -0.15) is 57.1 Å². The van der Waals surface area contributed by atoms with Crippen molar-refractivity contribution in [3.05, 3.63) is 12.4 Å². The van der Waals surface area contributed by atoms with Gasteiger partial charge in [-0.25, -0.2) is 9.55 Å². The maximum Gasteiger partial charge on any atom is 0.460 e. The van der Waals surface area contributed by atoms with Gasteiger partial charge in [0, 0.05) is 19.3 Å². The zero-order chi connectivity index (χ0) is 28.3. The first-order chi connectivity index (χ1) is 15.4. The van der Waals surface area contributed by atoms with Crippen LogP contribution in [0.25, 0.3) is 0 Å². The Bertz CT molecular complexity index is 872. The lowest BCUT2D eigenvalue weighted by Crippen LogP contribution is -2.70. The van der Waals surface area contributed by atoms with Gasteiger partial charge in [0.1, 0.15) is 12.4 Å². The third-order valence-corrected chi connectivity index (χ3v) is 7.70. The monoisotopic (exact) mass is 602 g/mol. The molecule has 1 heterocycles. The molecule has 208 valence electrons. The van der Waals surface area contributed by atoms with Gasteiger partial charge in [-0.1, -0.05) is 11.4 Å². The van der Waals surface area contributed by atoms with Gasteiger partial charge in [-0.15, -0.1) is 0 Å². The van der Waals surface area contributed by atoms with Gasteiger partial charge in [0.25, 0.3) is 0 Å². The molecular formula is C14H16F13N2O3PS2. The van der Waals surface area contributed by atoms with Gasteiger partial charge in [-0.3, -0.25) is 4.57 Å². The Labute approximate surface area is 197 Å². The molecule has 1 rings (SSSR count). The van der Waals surface area contributed by atoms with E-state index in [2.05, 4.69) is 9.51 Å². The van der Waals surface area contributed by atoms with Crippen molar-refractivity contribution >= 4 is 29.9 Å². The average Bonchev–Trinajstić information content (AvgIpc) is 3.11. The van der Waals surface area contributed by atoms with Gasteiger partial charge in [-0.05, 0) is 18.0 Å². The fourth-order valence-corrected chi connectivity index (χ4v) is 3.41. The minimum Gasteiger partial charge on any atom is -0.770 e. The van der Waals surface area contributed by atoms with Crippen LogP contribution in [0.3, 0.4) is 0 Å². The lowest BCUT2D eigenvalue weighted by atomic mass is 9.93. The van der Waals surface area contributed by atoms with E-state index in [0.717, 1.165) is 7.11 Å². The molecule has 0 radical (unpaired) electrons. The van der Waals surface area contributed by atoms with Crippen LogP contribution in [-0.2, 0) is 16.1 Å². The summed E-state index contributed by atoms with van der Waals surface area (Å²) in [5.41, 5.74) is 0. The highest BCUT2D eigenvalue weighted by atomic mass is 32.7. The molecule has 5 nitrogen and oxygen atoms in total. The molecule has 0 amide bonds. The second kappa shape index (κ2) is 11.3. The van der Waals surface area contributed by atoms with Crippen LogP contribution in [0.5, 0.6) is 0 Å². The quantitative estimate of drug-likeness (QED) is 0.165. The Kier molecular flexibility index (Phi) is 11.0. The SMILES string of the molecule is COP(=O)([O-])SC.C[n+]1cc[nH]c1SCCC(F)(F)C(F)(F)C(F)(F)C(F)(F)C(F)(F)C(F)(F)F. The lowest BCUT2D eigenvalue weighted by Gasteiger charge is -2.39. The smallest absolute Gasteiger partial charge is 0.460 e. The van der Waals surface area contributed by atoms with E-state index in [1.165, 1.54) is 30.3 Å². The Morgan fingerprint density at radius 3 is 1.71 bits per heavy atom. The fraction of sp³-hybridized carbons (Fsp3) is 0.786. The number of imidazole rings is 1. The highest BCUT2D eigenvalue weighted by molar-refractivity contribution is 8.54. The normalized spacial score (nSPS) is 15.9. The van der Waals surface area contributed by atoms with E-state index in [1.54, 1.807) is 0 Å². The van der Waals surface area contributed by atoms with Crippen molar-refractivity contribution in [1.29, 1.82) is 0 Å². The summed E-state index contributed by atoms with van der Waals surface area (Å²) < 4.78 is 183. The molecule has 35 heavy (non-hydrogen) atoms. The molecule has 1 unspecified atom stereocenters. The fourth-order valence-electron chi connectivity index (χ4n) is 1.84. The van der Waals surface area contributed by atoms with Crippen molar-refractivity contribution in [2.24, 2.45) is 7.05 Å². The third-order valence-electron chi connectivity index (χ3n) is 3.93. The Morgan fingerprint density at radius 1 is 0.943 bits per heavy atom. The summed E-state index contributed by atoms with van der Waals surface area (Å²) in [6.45, 7) is -3.49. The Balaban J connectivity index is 0.00000143. The molecule has 0 saturated carbocycles. The van der Waals surface area contributed by atoms with Crippen LogP contribution in [-0.4, -0.2) is 59.9 Å². The summed E-state index contributed by atoms with van der Waals surface area (Å²) in [5.74, 6) is -37.6. The van der Waals surface area contributed by atoms with Gasteiger partial charge >= 0.3 is 40.9 Å². The zero-order valence-electron chi connectivity index (χ0n) is 17.4. The molecule has 1 aromatic heterocycles. The van der Waals surface area contributed by atoms with Crippen molar-refractivity contribution in [3.8, 4) is 0 Å². The summed E-state index contributed by atoms with van der Waals surface area (Å²) in [4.78, 5) is 12.6. The van der Waals surface area contributed by atoms with Crippen molar-refractivity contribution in [3.63, 3.8) is 0 Å². The van der Waals surface area contributed by atoms with E-state index in [1.807, 2.05) is 0 Å². The van der Waals surface area contributed by atoms with Crippen molar-refractivity contribution in [2.45, 2.75) is 47.4 Å². The average molecular weight is 602 g/mol. The Hall–Kier alpha value is -0.850. The van der Waals surface area contributed by atoms with Crippen molar-refractivity contribution in [2.75, 3.05) is 19.1 Å². The Morgan fingerprint density at radius 2 is 1.40 bits per heavy atom. The number of hydrogen-bond donors (Lipinski definition) is 1. The van der Waals surface area contributed by atoms with Crippen LogP contribution in [0.2, 0.25) is 0 Å². The summed E-state index contributed by atoms with van der Waals surface area (Å²) in [6, 6.07) is 0. The van der Waals surface area contributed by atoms with Gasteiger partial charge in [0.15, 0.2) is 6.80 Å². The summed E-state index contributed by atoms with van der Waals surface area (Å²) >= 11 is 1.06. The largest absolute Gasteiger partial charge is 0.770 e. The first-order valence-electron chi connectivity index (χ1n) is 8.40. The van der Waals surface area contributed by atoms with E-state index < -0.39 is 54.8 Å². The molecule has 1 atom stereocenters. The molecule has 0 aliphatic carbocycles. The minimum atomic E-state index is -7.86. The van der Waals surface area contributed by atoms with E-state index in [4.69, 9.17) is 0 Å². The molecule has 0 spiro atoms. The molecule has 0 bridgehead atoms. The molecule has 0 fully saturated rings. The maximum absolute atomic E-state index is 13.5. The summed E-state index contributed by atoms with van der Waals surface area (Å²) in [7, 11) is 2.50. The van der Waals surface area contributed by atoms with Gasteiger partial charge < -0.3 is 9.42 Å².